The van der Waals surface area contributed by atoms with Crippen LogP contribution in [0.4, 0.5) is 5.82 Å². The quantitative estimate of drug-likeness (QED) is 0.182. The van der Waals surface area contributed by atoms with Crippen molar-refractivity contribution in [3.63, 3.8) is 0 Å². The lowest BCUT2D eigenvalue weighted by molar-refractivity contribution is -0.0901. The molecule has 3 aromatic rings. The lowest BCUT2D eigenvalue weighted by Gasteiger charge is -2.38. The van der Waals surface area contributed by atoms with Gasteiger partial charge in [0, 0.05) is 67.7 Å². The fourth-order valence-electron chi connectivity index (χ4n) is 5.18. The van der Waals surface area contributed by atoms with Crippen molar-refractivity contribution in [1.82, 2.24) is 30.1 Å². The van der Waals surface area contributed by atoms with Crippen LogP contribution in [-0.4, -0.2) is 58.3 Å². The highest BCUT2D eigenvalue weighted by atomic mass is 16.5. The van der Waals surface area contributed by atoms with Gasteiger partial charge in [0.15, 0.2) is 11.5 Å². The van der Waals surface area contributed by atoms with Crippen molar-refractivity contribution >= 4 is 23.3 Å². The predicted molar refractivity (Wildman–Crippen MR) is 155 cm³/mol. The molecule has 0 spiro atoms. The van der Waals surface area contributed by atoms with E-state index in [9.17, 15) is 4.79 Å². The summed E-state index contributed by atoms with van der Waals surface area (Å²) in [6, 6.07) is 1.88. The number of aromatic nitrogens is 5. The van der Waals surface area contributed by atoms with Crippen LogP contribution >= 0.6 is 0 Å². The normalized spacial score (nSPS) is 21.1. The third kappa shape index (κ3) is 6.30. The smallest absolute Gasteiger partial charge is 0.385 e. The van der Waals surface area contributed by atoms with Crippen molar-refractivity contribution in [3.8, 4) is 0 Å². The van der Waals surface area contributed by atoms with Crippen LogP contribution in [0.5, 0.6) is 0 Å². The van der Waals surface area contributed by atoms with Crippen molar-refractivity contribution < 1.29 is 14.0 Å². The molecule has 3 aromatic heterocycles. The first-order valence-corrected chi connectivity index (χ1v) is 13.5. The van der Waals surface area contributed by atoms with Crippen LogP contribution in [-0.2, 0) is 15.1 Å². The molecule has 12 heteroatoms. The van der Waals surface area contributed by atoms with Gasteiger partial charge in [0.25, 0.3) is 0 Å². The largest absolute Gasteiger partial charge is 0.439 e. The zero-order chi connectivity index (χ0) is 28.7. The summed E-state index contributed by atoms with van der Waals surface area (Å²) < 4.78 is 17.9. The average Bonchev–Trinajstić information content (AvgIpc) is 3.53. The van der Waals surface area contributed by atoms with Crippen molar-refractivity contribution in [3.05, 3.63) is 87.9 Å². The maximum Gasteiger partial charge on any atom is 0.439 e. The number of hydrogen-bond acceptors (Lipinski definition) is 10. The molecular weight excluding hydrogens is 524 g/mol. The Bertz CT molecular complexity index is 1610. The zero-order valence-electron chi connectivity index (χ0n) is 23.2. The van der Waals surface area contributed by atoms with E-state index in [-0.39, 0.29) is 5.92 Å². The first kappa shape index (κ1) is 28.0. The van der Waals surface area contributed by atoms with E-state index in [1.54, 1.807) is 31.1 Å². The third-order valence-electron chi connectivity index (χ3n) is 7.27. The molecule has 0 unspecified atom stereocenters. The Balaban J connectivity index is 1.40. The summed E-state index contributed by atoms with van der Waals surface area (Å²) in [5.41, 5.74) is 12.8. The number of hydrogen-bond donors (Lipinski definition) is 3. The molecule has 2 aliphatic carbocycles. The molecule has 3 heterocycles. The minimum absolute atomic E-state index is 0.130. The number of nitrogens with one attached hydrogen (secondary N) is 2. The van der Waals surface area contributed by atoms with Crippen LogP contribution < -0.4 is 16.8 Å². The number of methoxy groups -OCH3 is 1. The SMILES string of the molecule is CN=C/C(=C\NC1=CC=C=CC=C1)c1cnn2c(N)cc(C3CCC(OCCCOC)(c4noc(=O)[nH]4)CC3)nc12. The molecule has 41 heavy (non-hydrogen) atoms. The molecule has 0 saturated heterocycles. The summed E-state index contributed by atoms with van der Waals surface area (Å²) in [4.78, 5) is 23.7. The standard InChI is InChI=1S/C29H34N8O4/c1-31-17-21(18-32-22-8-5-3-4-6-9-22)23-19-33-37-25(30)16-24(34-26(23)37)20-10-12-29(13-11-20,40-15-7-14-39-2)27-35-28(38)41-36-27/h3,5-6,8-9,16-20,32H,7,10-15,30H2,1-2H3,(H,35,36,38)/b21-18+,31-17?. The second-order valence-corrected chi connectivity index (χ2v) is 9.92. The second kappa shape index (κ2) is 12.8. The number of anilines is 1. The van der Waals surface area contributed by atoms with E-state index in [4.69, 9.17) is 24.7 Å². The van der Waals surface area contributed by atoms with E-state index in [1.807, 2.05) is 42.6 Å². The zero-order valence-corrected chi connectivity index (χ0v) is 23.2. The Morgan fingerprint density at radius 3 is 2.98 bits per heavy atom. The van der Waals surface area contributed by atoms with Gasteiger partial charge in [-0.1, -0.05) is 11.2 Å². The number of rotatable bonds is 11. The van der Waals surface area contributed by atoms with E-state index in [0.29, 0.717) is 43.3 Å². The van der Waals surface area contributed by atoms with Crippen LogP contribution in [0.1, 0.15) is 55.1 Å². The monoisotopic (exact) mass is 558 g/mol. The Labute approximate surface area is 237 Å². The lowest BCUT2D eigenvalue weighted by atomic mass is 9.76. The number of ether oxygens (including phenoxy) is 2. The number of aliphatic imine (C=N–C) groups is 1. The molecule has 4 N–H and O–H groups in total. The Hall–Kier alpha value is -4.51. The van der Waals surface area contributed by atoms with E-state index in [0.717, 1.165) is 41.8 Å². The molecule has 1 saturated carbocycles. The Morgan fingerprint density at radius 2 is 2.22 bits per heavy atom. The van der Waals surface area contributed by atoms with Crippen LogP contribution in [0.2, 0.25) is 0 Å². The summed E-state index contributed by atoms with van der Waals surface area (Å²) in [5, 5.41) is 11.8. The molecule has 0 aromatic carbocycles. The Kier molecular flexibility index (Phi) is 8.73. The molecule has 0 amide bonds. The first-order valence-electron chi connectivity index (χ1n) is 13.5. The van der Waals surface area contributed by atoms with Gasteiger partial charge in [-0.3, -0.25) is 14.5 Å². The second-order valence-electron chi connectivity index (χ2n) is 9.92. The van der Waals surface area contributed by atoms with Crippen LogP contribution in [0.25, 0.3) is 11.2 Å². The van der Waals surface area contributed by atoms with Crippen LogP contribution in [0.3, 0.4) is 0 Å². The molecule has 12 nitrogen and oxygen atoms in total. The number of aromatic amines is 1. The predicted octanol–water partition coefficient (Wildman–Crippen LogP) is 3.39. The van der Waals surface area contributed by atoms with Crippen molar-refractivity contribution in [2.45, 2.75) is 43.6 Å². The van der Waals surface area contributed by atoms with Gasteiger partial charge in [0.05, 0.1) is 12.8 Å². The van der Waals surface area contributed by atoms with Gasteiger partial charge in [-0.05, 0) is 56.4 Å². The lowest BCUT2D eigenvalue weighted by Crippen LogP contribution is -2.36. The van der Waals surface area contributed by atoms with Gasteiger partial charge >= 0.3 is 5.76 Å². The molecule has 0 radical (unpaired) electrons. The van der Waals surface area contributed by atoms with Crippen LogP contribution in [0, 0.1) is 0 Å². The summed E-state index contributed by atoms with van der Waals surface area (Å²) in [6.07, 6.45) is 18.4. The fourth-order valence-corrected chi connectivity index (χ4v) is 5.18. The molecule has 0 bridgehead atoms. The van der Waals surface area contributed by atoms with Gasteiger partial charge in [-0.15, -0.1) is 5.73 Å². The molecule has 0 atom stereocenters. The molecule has 0 aliphatic heterocycles. The van der Waals surface area contributed by atoms with Gasteiger partial charge in [-0.25, -0.2) is 9.78 Å². The first-order chi connectivity index (χ1) is 20.0. The summed E-state index contributed by atoms with van der Waals surface area (Å²) in [5.74, 6) is 0.454. The van der Waals surface area contributed by atoms with Gasteiger partial charge in [0.1, 0.15) is 11.4 Å². The molecule has 2 aliphatic rings. The molecule has 214 valence electrons. The van der Waals surface area contributed by atoms with E-state index < -0.39 is 11.4 Å². The van der Waals surface area contributed by atoms with Gasteiger partial charge in [0.2, 0.25) is 0 Å². The topological polar surface area (TPSA) is 158 Å². The molecule has 1 fully saturated rings. The van der Waals surface area contributed by atoms with Crippen molar-refractivity contribution in [2.24, 2.45) is 4.99 Å². The number of fused-ring (bicyclic) bond motifs is 1. The maximum absolute atomic E-state index is 11.7. The average molecular weight is 559 g/mol. The van der Waals surface area contributed by atoms with E-state index >= 15 is 0 Å². The van der Waals surface area contributed by atoms with Crippen molar-refractivity contribution in [1.29, 1.82) is 0 Å². The summed E-state index contributed by atoms with van der Waals surface area (Å²) >= 11 is 0. The minimum Gasteiger partial charge on any atom is -0.385 e. The van der Waals surface area contributed by atoms with Crippen LogP contribution in [0.15, 0.2) is 74.6 Å². The van der Waals surface area contributed by atoms with E-state index in [1.165, 1.54) is 0 Å². The molecular formula is C29H34N8O4. The number of H-pyrrole nitrogens is 1. The van der Waals surface area contributed by atoms with Crippen molar-refractivity contribution in [2.75, 3.05) is 33.1 Å². The molecule has 5 rings (SSSR count). The number of nitrogens with two attached hydrogens (primary N) is 1. The third-order valence-corrected chi connectivity index (χ3v) is 7.27. The summed E-state index contributed by atoms with van der Waals surface area (Å²) in [6.45, 7) is 1.06. The highest BCUT2D eigenvalue weighted by Gasteiger charge is 2.42. The minimum atomic E-state index is -0.737. The number of allylic oxidation sites excluding steroid dienone is 5. The number of nitrogen functional groups attached to an aromatic ring is 1. The fraction of sp³-hybridized carbons (Fsp3) is 0.379. The van der Waals surface area contributed by atoms with E-state index in [2.05, 4.69) is 31.3 Å². The summed E-state index contributed by atoms with van der Waals surface area (Å²) in [7, 11) is 3.38. The van der Waals surface area contributed by atoms with Gasteiger partial charge < -0.3 is 20.5 Å². The number of nitrogens with zero attached hydrogens (tertiary/aromatic N) is 5. The Morgan fingerprint density at radius 1 is 1.37 bits per heavy atom. The highest BCUT2D eigenvalue weighted by molar-refractivity contribution is 6.12. The highest BCUT2D eigenvalue weighted by Crippen LogP contribution is 2.44. The van der Waals surface area contributed by atoms with Gasteiger partial charge in [-0.2, -0.15) is 9.61 Å². The maximum atomic E-state index is 11.7.